The molecule has 0 bridgehead atoms. The Balaban J connectivity index is 1.58. The number of nitrogens with zero attached hydrogens (tertiary/aromatic N) is 2. The smallest absolute Gasteiger partial charge is 0.242 e. The standard InChI is InChI=1S/C18H24N4O/c19-16-17(20-12-11-14-7-3-1-4-8-14)21-13-22-18(16)23-15-9-5-2-6-10-15/h1,3-4,7-8,13,15H,2,5-6,9-12,19H2,(H,20,21,22). The van der Waals surface area contributed by atoms with E-state index < -0.39 is 0 Å². The van der Waals surface area contributed by atoms with Gasteiger partial charge in [0.1, 0.15) is 18.1 Å². The summed E-state index contributed by atoms with van der Waals surface area (Å²) in [5.41, 5.74) is 7.96. The van der Waals surface area contributed by atoms with Gasteiger partial charge >= 0.3 is 0 Å². The average molecular weight is 312 g/mol. The minimum absolute atomic E-state index is 0.234. The van der Waals surface area contributed by atoms with E-state index in [2.05, 4.69) is 27.4 Å². The number of nitrogen functional groups attached to an aromatic ring is 1. The van der Waals surface area contributed by atoms with Crippen molar-refractivity contribution >= 4 is 11.5 Å². The van der Waals surface area contributed by atoms with E-state index in [0.29, 0.717) is 17.4 Å². The van der Waals surface area contributed by atoms with Gasteiger partial charge in [-0.3, -0.25) is 0 Å². The van der Waals surface area contributed by atoms with Gasteiger partial charge in [-0.05, 0) is 37.7 Å². The zero-order valence-electron chi connectivity index (χ0n) is 13.4. The molecule has 0 spiro atoms. The van der Waals surface area contributed by atoms with Crippen LogP contribution in [0.4, 0.5) is 11.5 Å². The van der Waals surface area contributed by atoms with Crippen LogP contribution in [0, 0.1) is 0 Å². The quantitative estimate of drug-likeness (QED) is 0.855. The minimum Gasteiger partial charge on any atom is -0.473 e. The Kier molecular flexibility index (Phi) is 5.29. The summed E-state index contributed by atoms with van der Waals surface area (Å²) < 4.78 is 5.98. The first kappa shape index (κ1) is 15.6. The van der Waals surface area contributed by atoms with Gasteiger partial charge in [0.05, 0.1) is 0 Å². The molecule has 1 saturated carbocycles. The Labute approximate surface area is 137 Å². The fraction of sp³-hybridized carbons (Fsp3) is 0.444. The largest absolute Gasteiger partial charge is 0.473 e. The summed E-state index contributed by atoms with van der Waals surface area (Å²) in [7, 11) is 0. The topological polar surface area (TPSA) is 73.1 Å². The number of nitrogens with one attached hydrogen (secondary N) is 1. The molecule has 3 rings (SSSR count). The van der Waals surface area contributed by atoms with E-state index in [0.717, 1.165) is 25.8 Å². The SMILES string of the molecule is Nc1c(NCCc2ccccc2)ncnc1OC1CCCCC1. The van der Waals surface area contributed by atoms with Crippen molar-refractivity contribution < 1.29 is 4.74 Å². The fourth-order valence-electron chi connectivity index (χ4n) is 2.92. The lowest BCUT2D eigenvalue weighted by Gasteiger charge is -2.23. The van der Waals surface area contributed by atoms with Crippen molar-refractivity contribution in [1.29, 1.82) is 0 Å². The Morgan fingerprint density at radius 1 is 1.09 bits per heavy atom. The Hall–Kier alpha value is -2.30. The lowest BCUT2D eigenvalue weighted by atomic mass is 9.98. The zero-order chi connectivity index (χ0) is 15.9. The van der Waals surface area contributed by atoms with E-state index >= 15 is 0 Å². The van der Waals surface area contributed by atoms with Gasteiger partial charge < -0.3 is 15.8 Å². The molecule has 1 aliphatic carbocycles. The van der Waals surface area contributed by atoms with E-state index in [1.807, 2.05) is 18.2 Å². The molecule has 23 heavy (non-hydrogen) atoms. The van der Waals surface area contributed by atoms with Crippen LogP contribution < -0.4 is 15.8 Å². The van der Waals surface area contributed by atoms with Crippen molar-refractivity contribution in [2.75, 3.05) is 17.6 Å². The molecule has 1 aromatic carbocycles. The third-order valence-corrected chi connectivity index (χ3v) is 4.23. The Bertz CT molecular complexity index is 612. The van der Waals surface area contributed by atoms with Crippen molar-refractivity contribution in [3.8, 4) is 5.88 Å². The molecule has 0 unspecified atom stereocenters. The normalized spacial score (nSPS) is 15.3. The summed E-state index contributed by atoms with van der Waals surface area (Å²) in [5, 5.41) is 3.28. The molecule has 5 heteroatoms. The molecule has 122 valence electrons. The number of ether oxygens (including phenoxy) is 1. The highest BCUT2D eigenvalue weighted by molar-refractivity contribution is 5.66. The van der Waals surface area contributed by atoms with Crippen LogP contribution >= 0.6 is 0 Å². The van der Waals surface area contributed by atoms with Gasteiger partial charge in [0.15, 0.2) is 5.82 Å². The van der Waals surface area contributed by atoms with Crippen molar-refractivity contribution in [2.45, 2.75) is 44.6 Å². The van der Waals surface area contributed by atoms with E-state index in [9.17, 15) is 0 Å². The monoisotopic (exact) mass is 312 g/mol. The van der Waals surface area contributed by atoms with Crippen LogP contribution in [0.2, 0.25) is 0 Å². The molecule has 2 aromatic rings. The lowest BCUT2D eigenvalue weighted by molar-refractivity contribution is 0.149. The van der Waals surface area contributed by atoms with Gasteiger partial charge in [0, 0.05) is 6.54 Å². The van der Waals surface area contributed by atoms with Crippen LogP contribution in [0.15, 0.2) is 36.7 Å². The maximum Gasteiger partial charge on any atom is 0.242 e. The molecule has 1 fully saturated rings. The predicted molar refractivity (Wildman–Crippen MR) is 92.6 cm³/mol. The van der Waals surface area contributed by atoms with E-state index in [-0.39, 0.29) is 6.10 Å². The van der Waals surface area contributed by atoms with Crippen molar-refractivity contribution in [1.82, 2.24) is 9.97 Å². The molecule has 0 saturated heterocycles. The number of anilines is 2. The molecule has 1 heterocycles. The molecule has 5 nitrogen and oxygen atoms in total. The van der Waals surface area contributed by atoms with Crippen LogP contribution in [0.3, 0.4) is 0 Å². The average Bonchev–Trinajstić information content (AvgIpc) is 2.60. The molecule has 3 N–H and O–H groups in total. The number of hydrogen-bond donors (Lipinski definition) is 2. The first-order chi connectivity index (χ1) is 11.3. The second-order valence-corrected chi connectivity index (χ2v) is 5.98. The van der Waals surface area contributed by atoms with E-state index in [4.69, 9.17) is 10.5 Å². The van der Waals surface area contributed by atoms with Gasteiger partial charge in [-0.1, -0.05) is 36.8 Å². The highest BCUT2D eigenvalue weighted by Crippen LogP contribution is 2.29. The van der Waals surface area contributed by atoms with Crippen LogP contribution in [-0.4, -0.2) is 22.6 Å². The summed E-state index contributed by atoms with van der Waals surface area (Å²) in [4.78, 5) is 8.44. The summed E-state index contributed by atoms with van der Waals surface area (Å²) in [6.45, 7) is 0.772. The summed E-state index contributed by atoms with van der Waals surface area (Å²) >= 11 is 0. The summed E-state index contributed by atoms with van der Waals surface area (Å²) in [5.74, 6) is 1.16. The molecule has 0 atom stereocenters. The molecule has 0 aliphatic heterocycles. The maximum atomic E-state index is 6.17. The minimum atomic E-state index is 0.234. The third kappa shape index (κ3) is 4.34. The van der Waals surface area contributed by atoms with Crippen molar-refractivity contribution in [3.63, 3.8) is 0 Å². The van der Waals surface area contributed by atoms with E-state index in [1.165, 1.54) is 31.2 Å². The second kappa shape index (κ2) is 7.81. The van der Waals surface area contributed by atoms with E-state index in [1.54, 1.807) is 0 Å². The molecule has 0 radical (unpaired) electrons. The number of benzene rings is 1. The molecule has 1 aliphatic rings. The van der Waals surface area contributed by atoms with Crippen molar-refractivity contribution in [3.05, 3.63) is 42.2 Å². The number of nitrogens with two attached hydrogens (primary N) is 1. The van der Waals surface area contributed by atoms with Crippen LogP contribution in [0.5, 0.6) is 5.88 Å². The van der Waals surface area contributed by atoms with Crippen LogP contribution in [0.25, 0.3) is 0 Å². The van der Waals surface area contributed by atoms with Gasteiger partial charge in [-0.2, -0.15) is 4.98 Å². The summed E-state index contributed by atoms with van der Waals surface area (Å²) in [6, 6.07) is 10.3. The van der Waals surface area contributed by atoms with Gasteiger partial charge in [-0.15, -0.1) is 0 Å². The number of hydrogen-bond acceptors (Lipinski definition) is 5. The zero-order valence-corrected chi connectivity index (χ0v) is 13.4. The van der Waals surface area contributed by atoms with Gasteiger partial charge in [-0.25, -0.2) is 4.98 Å². The summed E-state index contributed by atoms with van der Waals surface area (Å²) in [6.07, 6.45) is 8.57. The first-order valence-electron chi connectivity index (χ1n) is 8.38. The third-order valence-electron chi connectivity index (χ3n) is 4.23. The predicted octanol–water partition coefficient (Wildman–Crippen LogP) is 3.42. The fourth-order valence-corrected chi connectivity index (χ4v) is 2.92. The highest BCUT2D eigenvalue weighted by atomic mass is 16.5. The van der Waals surface area contributed by atoms with Crippen molar-refractivity contribution in [2.24, 2.45) is 0 Å². The first-order valence-corrected chi connectivity index (χ1v) is 8.38. The molecule has 1 aromatic heterocycles. The van der Waals surface area contributed by atoms with Crippen LogP contribution in [0.1, 0.15) is 37.7 Å². The maximum absolute atomic E-state index is 6.17. The van der Waals surface area contributed by atoms with Crippen LogP contribution in [-0.2, 0) is 6.42 Å². The lowest BCUT2D eigenvalue weighted by Crippen LogP contribution is -2.21. The van der Waals surface area contributed by atoms with Gasteiger partial charge in [0.2, 0.25) is 5.88 Å². The number of aromatic nitrogens is 2. The molecular formula is C18H24N4O. The Morgan fingerprint density at radius 2 is 1.87 bits per heavy atom. The number of rotatable bonds is 6. The highest BCUT2D eigenvalue weighted by Gasteiger charge is 2.18. The van der Waals surface area contributed by atoms with Gasteiger partial charge in [0.25, 0.3) is 0 Å². The molecule has 0 amide bonds. The second-order valence-electron chi connectivity index (χ2n) is 5.98. The Morgan fingerprint density at radius 3 is 2.65 bits per heavy atom. The molecular weight excluding hydrogens is 288 g/mol.